The quantitative estimate of drug-likeness (QED) is 0.637. The number of nitrogens with zero attached hydrogens (tertiary/aromatic N) is 6. The molecular formula is C24H30N6O. The second-order valence-electron chi connectivity index (χ2n) is 9.05. The molecule has 1 saturated heterocycles. The van der Waals surface area contributed by atoms with Crippen LogP contribution < -0.4 is 0 Å². The van der Waals surface area contributed by atoms with Gasteiger partial charge in [0.05, 0.1) is 6.04 Å². The van der Waals surface area contributed by atoms with Crippen LogP contribution in [-0.4, -0.2) is 62.1 Å². The lowest BCUT2D eigenvalue weighted by Gasteiger charge is -2.39. The zero-order valence-corrected chi connectivity index (χ0v) is 18.5. The molecular weight excluding hydrogens is 388 g/mol. The third kappa shape index (κ3) is 4.82. The van der Waals surface area contributed by atoms with Gasteiger partial charge in [0.25, 0.3) is 0 Å². The number of benzene rings is 2. The summed E-state index contributed by atoms with van der Waals surface area (Å²) in [7, 11) is 0. The molecule has 2 heterocycles. The summed E-state index contributed by atoms with van der Waals surface area (Å²) in [6.45, 7) is 9.36. The van der Waals surface area contributed by atoms with Crippen LogP contribution in [0.1, 0.15) is 43.8 Å². The first-order chi connectivity index (χ1) is 14.9. The molecule has 0 N–H and O–H groups in total. The average molecular weight is 419 g/mol. The molecule has 0 spiro atoms. The normalized spacial score (nSPS) is 15.4. The molecule has 0 atom stereocenters. The minimum atomic E-state index is -0.207. The van der Waals surface area contributed by atoms with Crippen molar-refractivity contribution in [3.05, 3.63) is 77.6 Å². The summed E-state index contributed by atoms with van der Waals surface area (Å²) in [4.78, 5) is 17.3. The lowest BCUT2D eigenvalue weighted by atomic mass is 9.96. The molecule has 1 aromatic heterocycles. The predicted octanol–water partition coefficient (Wildman–Crippen LogP) is 2.90. The molecule has 7 heteroatoms. The van der Waals surface area contributed by atoms with Crippen molar-refractivity contribution in [1.82, 2.24) is 30.0 Å². The van der Waals surface area contributed by atoms with Crippen LogP contribution in [-0.2, 0) is 16.8 Å². The Bertz CT molecular complexity index is 948. The number of amides is 1. The van der Waals surface area contributed by atoms with Gasteiger partial charge in [0, 0.05) is 31.6 Å². The number of tetrazole rings is 1. The third-order valence-corrected chi connectivity index (χ3v) is 5.75. The van der Waals surface area contributed by atoms with E-state index in [4.69, 9.17) is 0 Å². The maximum Gasteiger partial charge on any atom is 0.244 e. The minimum absolute atomic E-state index is 0.0634. The highest BCUT2D eigenvalue weighted by Crippen LogP contribution is 2.29. The van der Waals surface area contributed by atoms with Gasteiger partial charge in [0.1, 0.15) is 6.54 Å². The van der Waals surface area contributed by atoms with Crippen molar-refractivity contribution in [3.8, 4) is 0 Å². The van der Waals surface area contributed by atoms with Gasteiger partial charge in [-0.05, 0) is 21.6 Å². The van der Waals surface area contributed by atoms with Gasteiger partial charge < -0.3 is 4.90 Å². The first-order valence-electron chi connectivity index (χ1n) is 10.8. The highest BCUT2D eigenvalue weighted by Gasteiger charge is 2.29. The van der Waals surface area contributed by atoms with Crippen molar-refractivity contribution in [2.45, 2.75) is 38.8 Å². The van der Waals surface area contributed by atoms with E-state index in [9.17, 15) is 4.79 Å². The maximum atomic E-state index is 13.0. The summed E-state index contributed by atoms with van der Waals surface area (Å²) in [5, 5.41) is 11.9. The molecule has 1 fully saturated rings. The van der Waals surface area contributed by atoms with Crippen molar-refractivity contribution in [2.75, 3.05) is 26.2 Å². The number of piperazine rings is 1. The largest absolute Gasteiger partial charge is 0.339 e. The van der Waals surface area contributed by atoms with Crippen LogP contribution >= 0.6 is 0 Å². The summed E-state index contributed by atoms with van der Waals surface area (Å²) in [6.07, 6.45) is 0. The molecule has 1 amide bonds. The van der Waals surface area contributed by atoms with Crippen molar-refractivity contribution >= 4 is 5.91 Å². The van der Waals surface area contributed by atoms with Gasteiger partial charge >= 0.3 is 0 Å². The molecule has 0 saturated carbocycles. The molecule has 1 aliphatic rings. The van der Waals surface area contributed by atoms with Crippen LogP contribution in [0.5, 0.6) is 0 Å². The zero-order chi connectivity index (χ0) is 21.8. The van der Waals surface area contributed by atoms with E-state index in [1.54, 1.807) is 4.68 Å². The Kier molecular flexibility index (Phi) is 6.13. The Labute approximate surface area is 183 Å². The van der Waals surface area contributed by atoms with Crippen LogP contribution in [0.15, 0.2) is 60.7 Å². The van der Waals surface area contributed by atoms with Crippen LogP contribution in [0.3, 0.4) is 0 Å². The SMILES string of the molecule is CC(C)(C)c1nnnn1CC(=O)N1CCN(C(c2ccccc2)c2ccccc2)CC1. The molecule has 0 unspecified atom stereocenters. The van der Waals surface area contributed by atoms with Gasteiger partial charge in [-0.15, -0.1) is 5.10 Å². The Morgan fingerprint density at radius 2 is 1.45 bits per heavy atom. The highest BCUT2D eigenvalue weighted by atomic mass is 16.2. The molecule has 7 nitrogen and oxygen atoms in total. The van der Waals surface area contributed by atoms with Gasteiger partial charge in [-0.2, -0.15) is 0 Å². The maximum absolute atomic E-state index is 13.0. The average Bonchev–Trinajstić information content (AvgIpc) is 3.25. The molecule has 0 bridgehead atoms. The molecule has 0 aliphatic carbocycles. The Balaban J connectivity index is 1.45. The molecule has 162 valence electrons. The fourth-order valence-corrected chi connectivity index (χ4v) is 4.19. The number of hydrogen-bond donors (Lipinski definition) is 0. The molecule has 31 heavy (non-hydrogen) atoms. The summed E-state index contributed by atoms with van der Waals surface area (Å²) in [5.41, 5.74) is 2.34. The molecule has 2 aromatic carbocycles. The first-order valence-corrected chi connectivity index (χ1v) is 10.8. The topological polar surface area (TPSA) is 67.2 Å². The molecule has 0 radical (unpaired) electrons. The Morgan fingerprint density at radius 1 is 0.903 bits per heavy atom. The fourth-order valence-electron chi connectivity index (χ4n) is 4.19. The smallest absolute Gasteiger partial charge is 0.244 e. The van der Waals surface area contributed by atoms with Crippen molar-refractivity contribution < 1.29 is 4.79 Å². The van der Waals surface area contributed by atoms with E-state index in [1.807, 2.05) is 37.8 Å². The molecule has 1 aliphatic heterocycles. The monoisotopic (exact) mass is 418 g/mol. The van der Waals surface area contributed by atoms with Gasteiger partial charge in [-0.1, -0.05) is 81.4 Å². The zero-order valence-electron chi connectivity index (χ0n) is 18.5. The predicted molar refractivity (Wildman–Crippen MR) is 119 cm³/mol. The Morgan fingerprint density at radius 3 is 1.97 bits per heavy atom. The second-order valence-corrected chi connectivity index (χ2v) is 9.05. The van der Waals surface area contributed by atoms with Crippen LogP contribution in [0, 0.1) is 0 Å². The highest BCUT2D eigenvalue weighted by molar-refractivity contribution is 5.76. The van der Waals surface area contributed by atoms with Gasteiger partial charge in [0.15, 0.2) is 5.82 Å². The standard InChI is InChI=1S/C24H30N6O/c1-24(2,3)23-25-26-27-30(23)18-21(31)28-14-16-29(17-15-28)22(19-10-6-4-7-11-19)20-12-8-5-9-13-20/h4-13,22H,14-18H2,1-3H3. The number of hydrogen-bond acceptors (Lipinski definition) is 5. The van der Waals surface area contributed by atoms with E-state index >= 15 is 0 Å². The van der Waals surface area contributed by atoms with E-state index in [0.717, 1.165) is 18.9 Å². The second kappa shape index (κ2) is 8.98. The summed E-state index contributed by atoms with van der Waals surface area (Å²) < 4.78 is 1.63. The van der Waals surface area contributed by atoms with Crippen LogP contribution in [0.4, 0.5) is 0 Å². The first kappa shape index (κ1) is 21.2. The number of aromatic nitrogens is 4. The minimum Gasteiger partial charge on any atom is -0.339 e. The number of carbonyl (C=O) groups is 1. The Hall–Kier alpha value is -3.06. The third-order valence-electron chi connectivity index (χ3n) is 5.75. The van der Waals surface area contributed by atoms with E-state index in [-0.39, 0.29) is 23.9 Å². The van der Waals surface area contributed by atoms with E-state index in [2.05, 4.69) is 69.0 Å². The van der Waals surface area contributed by atoms with E-state index in [0.29, 0.717) is 13.1 Å². The summed E-state index contributed by atoms with van der Waals surface area (Å²) >= 11 is 0. The van der Waals surface area contributed by atoms with Crippen molar-refractivity contribution in [2.24, 2.45) is 0 Å². The van der Waals surface area contributed by atoms with Crippen LogP contribution in [0.2, 0.25) is 0 Å². The lowest BCUT2D eigenvalue weighted by Crippen LogP contribution is -2.50. The molecule has 3 aromatic rings. The fraction of sp³-hybridized carbons (Fsp3) is 0.417. The number of rotatable bonds is 5. The number of carbonyl (C=O) groups excluding carboxylic acids is 1. The van der Waals surface area contributed by atoms with Crippen molar-refractivity contribution in [3.63, 3.8) is 0 Å². The van der Waals surface area contributed by atoms with E-state index in [1.165, 1.54) is 11.1 Å². The lowest BCUT2D eigenvalue weighted by molar-refractivity contribution is -0.134. The van der Waals surface area contributed by atoms with Gasteiger partial charge in [0.2, 0.25) is 5.91 Å². The van der Waals surface area contributed by atoms with Crippen molar-refractivity contribution in [1.29, 1.82) is 0 Å². The van der Waals surface area contributed by atoms with Gasteiger partial charge in [-0.3, -0.25) is 9.69 Å². The van der Waals surface area contributed by atoms with Gasteiger partial charge in [-0.25, -0.2) is 4.68 Å². The summed E-state index contributed by atoms with van der Waals surface area (Å²) in [6, 6.07) is 21.4. The summed E-state index contributed by atoms with van der Waals surface area (Å²) in [5.74, 6) is 0.793. The van der Waals surface area contributed by atoms with Crippen LogP contribution in [0.25, 0.3) is 0 Å². The molecule has 4 rings (SSSR count). The van der Waals surface area contributed by atoms with E-state index < -0.39 is 0 Å².